The first-order chi connectivity index (χ1) is 21.4. The van der Waals surface area contributed by atoms with Crippen LogP contribution < -0.4 is 32.3 Å². The molecule has 45 heavy (non-hydrogen) atoms. The number of nitrogens with one attached hydrogen (secondary N) is 3. The Morgan fingerprint density at radius 1 is 0.867 bits per heavy atom. The number of nitrogen functional groups attached to an aromatic ring is 2. The van der Waals surface area contributed by atoms with Crippen LogP contribution in [0.3, 0.4) is 0 Å². The lowest BCUT2D eigenvalue weighted by molar-refractivity contribution is -0.124. The molecule has 7 N–H and O–H groups in total. The fourth-order valence-electron chi connectivity index (χ4n) is 4.49. The van der Waals surface area contributed by atoms with Crippen molar-refractivity contribution in [2.75, 3.05) is 77.8 Å². The van der Waals surface area contributed by atoms with Crippen LogP contribution in [0.15, 0.2) is 30.5 Å². The molecule has 15 heteroatoms. The molecule has 3 aromatic rings. The first kappa shape index (κ1) is 34.9. The van der Waals surface area contributed by atoms with E-state index >= 15 is 0 Å². The van der Waals surface area contributed by atoms with Crippen molar-refractivity contribution in [1.82, 2.24) is 45.7 Å². The number of hydrogen-bond donors (Lipinski definition) is 5. The molecule has 3 rings (SSSR count). The molecule has 0 aliphatic rings. The van der Waals surface area contributed by atoms with Gasteiger partial charge >= 0.3 is 0 Å². The van der Waals surface area contributed by atoms with Crippen LogP contribution in [0.5, 0.6) is 0 Å². The number of amides is 3. The summed E-state index contributed by atoms with van der Waals surface area (Å²) < 4.78 is 0. The standard InChI is InChI=1S/C30H46N12O3/c1-40(2)16-6-14-33-24(43)13-12-23(29(45)34-15-7-17-41(3)4)37-28(44)20-8-10-22(11-9-20)42(5)19-21-18-35-27-25(36-21)26(31)38-30(32)39-27/h8-11,18,23H,6-7,12-17,19H2,1-5H3,(H,33,43)(H,34,45)(H,37,44)(H4,31,32,35,38,39)/t23-/m0/s1. The Kier molecular flexibility index (Phi) is 13.2. The summed E-state index contributed by atoms with van der Waals surface area (Å²) in [6, 6.07) is 6.12. The number of hydrogen-bond acceptors (Lipinski definition) is 12. The molecule has 244 valence electrons. The second kappa shape index (κ2) is 17.0. The normalized spacial score (nSPS) is 11.9. The third-order valence-electron chi connectivity index (χ3n) is 6.94. The Morgan fingerprint density at radius 2 is 1.51 bits per heavy atom. The maximum absolute atomic E-state index is 13.2. The summed E-state index contributed by atoms with van der Waals surface area (Å²) in [6.07, 6.45) is 3.49. The Labute approximate surface area is 264 Å². The fraction of sp³-hybridized carbons (Fsp3) is 0.500. The van der Waals surface area contributed by atoms with Gasteiger partial charge in [-0.05, 0) is 84.8 Å². The Morgan fingerprint density at radius 3 is 2.16 bits per heavy atom. The molecule has 0 saturated heterocycles. The van der Waals surface area contributed by atoms with Crippen molar-refractivity contribution in [3.05, 3.63) is 41.7 Å². The summed E-state index contributed by atoms with van der Waals surface area (Å²) in [6.45, 7) is 3.11. The van der Waals surface area contributed by atoms with E-state index in [0.717, 1.165) is 31.6 Å². The number of rotatable bonds is 17. The summed E-state index contributed by atoms with van der Waals surface area (Å²) >= 11 is 0. The maximum atomic E-state index is 13.2. The van der Waals surface area contributed by atoms with Gasteiger partial charge in [0.25, 0.3) is 5.91 Å². The zero-order valence-corrected chi connectivity index (χ0v) is 26.8. The molecule has 0 bridgehead atoms. The van der Waals surface area contributed by atoms with E-state index in [9.17, 15) is 14.4 Å². The molecule has 15 nitrogen and oxygen atoms in total. The van der Waals surface area contributed by atoms with E-state index in [-0.39, 0.29) is 36.4 Å². The fourth-order valence-corrected chi connectivity index (χ4v) is 4.49. The summed E-state index contributed by atoms with van der Waals surface area (Å²) in [5.41, 5.74) is 14.1. The summed E-state index contributed by atoms with van der Waals surface area (Å²) in [4.78, 5) is 61.5. The lowest BCUT2D eigenvalue weighted by Gasteiger charge is -2.20. The third-order valence-corrected chi connectivity index (χ3v) is 6.94. The molecule has 0 saturated carbocycles. The molecule has 1 aromatic carbocycles. The molecule has 0 aliphatic carbocycles. The van der Waals surface area contributed by atoms with Crippen molar-refractivity contribution in [2.24, 2.45) is 0 Å². The van der Waals surface area contributed by atoms with Crippen molar-refractivity contribution in [3.8, 4) is 0 Å². The first-order valence-corrected chi connectivity index (χ1v) is 14.9. The highest BCUT2D eigenvalue weighted by atomic mass is 16.2. The molecule has 2 aromatic heterocycles. The lowest BCUT2D eigenvalue weighted by atomic mass is 10.1. The van der Waals surface area contributed by atoms with Gasteiger partial charge in [0.15, 0.2) is 17.0 Å². The van der Waals surface area contributed by atoms with Crippen LogP contribution in [0.4, 0.5) is 17.5 Å². The van der Waals surface area contributed by atoms with E-state index in [4.69, 9.17) is 11.5 Å². The predicted octanol–water partition coefficient (Wildman–Crippen LogP) is 0.235. The van der Waals surface area contributed by atoms with Crippen molar-refractivity contribution >= 4 is 46.3 Å². The zero-order valence-electron chi connectivity index (χ0n) is 26.8. The zero-order chi connectivity index (χ0) is 32.9. The van der Waals surface area contributed by atoms with E-state index in [1.165, 1.54) is 0 Å². The van der Waals surface area contributed by atoms with Crippen molar-refractivity contribution in [3.63, 3.8) is 0 Å². The number of carbonyl (C=O) groups excluding carboxylic acids is 3. The average Bonchev–Trinajstić information content (AvgIpc) is 2.99. The highest BCUT2D eigenvalue weighted by Crippen LogP contribution is 2.19. The Bertz CT molecular complexity index is 1430. The SMILES string of the molecule is CN(C)CCCNC(=O)CC[C@H](NC(=O)c1ccc(N(C)Cc2cnc3nc(N)nc(N)c3n2)cc1)C(=O)NCCCN(C)C. The van der Waals surface area contributed by atoms with Gasteiger partial charge in [-0.2, -0.15) is 9.97 Å². The summed E-state index contributed by atoms with van der Waals surface area (Å²) in [5.74, 6) is -0.683. The number of anilines is 3. The molecular weight excluding hydrogens is 576 g/mol. The van der Waals surface area contributed by atoms with Gasteiger partial charge in [0.2, 0.25) is 17.8 Å². The number of nitrogens with zero attached hydrogens (tertiary/aromatic N) is 7. The third kappa shape index (κ3) is 11.4. The van der Waals surface area contributed by atoms with Gasteiger partial charge in [-0.25, -0.2) is 9.97 Å². The number of nitrogens with two attached hydrogens (primary N) is 2. The molecule has 0 radical (unpaired) electrons. The summed E-state index contributed by atoms with van der Waals surface area (Å²) in [7, 11) is 9.76. The average molecular weight is 623 g/mol. The van der Waals surface area contributed by atoms with Crippen LogP contribution in [0, 0.1) is 0 Å². The van der Waals surface area contributed by atoms with Crippen LogP contribution >= 0.6 is 0 Å². The predicted molar refractivity (Wildman–Crippen MR) is 175 cm³/mol. The topological polar surface area (TPSA) is 201 Å². The van der Waals surface area contributed by atoms with Gasteiger partial charge in [-0.15, -0.1) is 0 Å². The monoisotopic (exact) mass is 622 g/mol. The van der Waals surface area contributed by atoms with Crippen LogP contribution in [0.25, 0.3) is 11.2 Å². The molecule has 3 amide bonds. The number of benzene rings is 1. The number of fused-ring (bicyclic) bond motifs is 1. The number of carbonyl (C=O) groups is 3. The van der Waals surface area contributed by atoms with Crippen LogP contribution in [-0.4, -0.2) is 115 Å². The van der Waals surface area contributed by atoms with Gasteiger partial charge < -0.3 is 42.1 Å². The Balaban J connectivity index is 1.61. The lowest BCUT2D eigenvalue weighted by Crippen LogP contribution is -2.47. The first-order valence-electron chi connectivity index (χ1n) is 14.9. The van der Waals surface area contributed by atoms with Crippen LogP contribution in [0.2, 0.25) is 0 Å². The van der Waals surface area contributed by atoms with E-state index in [1.807, 2.05) is 49.9 Å². The second-order valence-corrected chi connectivity index (χ2v) is 11.4. The highest BCUT2D eigenvalue weighted by molar-refractivity contribution is 5.98. The molecule has 0 fully saturated rings. The quantitative estimate of drug-likeness (QED) is 0.129. The van der Waals surface area contributed by atoms with Gasteiger partial charge in [0.1, 0.15) is 6.04 Å². The van der Waals surface area contributed by atoms with Gasteiger partial charge in [0.05, 0.1) is 18.4 Å². The minimum Gasteiger partial charge on any atom is -0.382 e. The van der Waals surface area contributed by atoms with Gasteiger partial charge in [-0.1, -0.05) is 0 Å². The minimum absolute atomic E-state index is 0.0342. The maximum Gasteiger partial charge on any atom is 0.251 e. The molecular formula is C30H46N12O3. The molecule has 0 aliphatic heterocycles. The van der Waals surface area contributed by atoms with E-state index in [0.29, 0.717) is 42.1 Å². The van der Waals surface area contributed by atoms with Crippen molar-refractivity contribution in [1.29, 1.82) is 0 Å². The molecule has 2 heterocycles. The highest BCUT2D eigenvalue weighted by Gasteiger charge is 2.22. The summed E-state index contributed by atoms with van der Waals surface area (Å²) in [5, 5.41) is 8.60. The smallest absolute Gasteiger partial charge is 0.251 e. The van der Waals surface area contributed by atoms with Gasteiger partial charge in [-0.3, -0.25) is 14.4 Å². The van der Waals surface area contributed by atoms with E-state index in [2.05, 4.69) is 35.9 Å². The van der Waals surface area contributed by atoms with Crippen molar-refractivity contribution < 1.29 is 14.4 Å². The molecule has 1 atom stereocenters. The largest absolute Gasteiger partial charge is 0.382 e. The van der Waals surface area contributed by atoms with E-state index in [1.54, 1.807) is 30.5 Å². The van der Waals surface area contributed by atoms with Crippen LogP contribution in [0.1, 0.15) is 41.7 Å². The Hall–Kier alpha value is -4.63. The van der Waals surface area contributed by atoms with Crippen molar-refractivity contribution in [2.45, 2.75) is 38.3 Å². The number of aromatic nitrogens is 4. The van der Waals surface area contributed by atoms with Gasteiger partial charge in [0, 0.05) is 37.8 Å². The van der Waals surface area contributed by atoms with Crippen LogP contribution in [-0.2, 0) is 16.1 Å². The second-order valence-electron chi connectivity index (χ2n) is 11.4. The minimum atomic E-state index is -0.857. The molecule has 0 unspecified atom stereocenters. The van der Waals surface area contributed by atoms with E-state index < -0.39 is 11.9 Å². The molecule has 0 spiro atoms.